The molecule has 118 valence electrons. The van der Waals surface area contributed by atoms with Crippen molar-refractivity contribution in [2.75, 3.05) is 52.8 Å². The molecule has 0 amide bonds. The highest BCUT2D eigenvalue weighted by molar-refractivity contribution is 5.61. The second-order valence-electron chi connectivity index (χ2n) is 4.56. The second kappa shape index (κ2) is 9.03. The summed E-state index contributed by atoms with van der Waals surface area (Å²) >= 11 is 0. The highest BCUT2D eigenvalue weighted by atomic mass is 16.6. The summed E-state index contributed by atoms with van der Waals surface area (Å²) in [6, 6.07) is 0. The molecule has 0 aliphatic rings. The quantitative estimate of drug-likeness (QED) is 0.384. The van der Waals surface area contributed by atoms with Gasteiger partial charge in [-0.1, -0.05) is 0 Å². The Hall–Kier alpha value is -2.00. The SMILES string of the molecule is COCCOc1ncnc(NCCCN(C)C)c1[N+](=O)[O-]. The lowest BCUT2D eigenvalue weighted by Gasteiger charge is -2.11. The van der Waals surface area contributed by atoms with Crippen LogP contribution in [0.5, 0.6) is 5.88 Å². The fourth-order valence-corrected chi connectivity index (χ4v) is 1.59. The van der Waals surface area contributed by atoms with Gasteiger partial charge in [-0.15, -0.1) is 0 Å². The van der Waals surface area contributed by atoms with Gasteiger partial charge in [-0.05, 0) is 27.1 Å². The summed E-state index contributed by atoms with van der Waals surface area (Å²) in [5.41, 5.74) is -0.251. The number of hydrogen-bond donors (Lipinski definition) is 1. The Labute approximate surface area is 123 Å². The van der Waals surface area contributed by atoms with Gasteiger partial charge < -0.3 is 19.7 Å². The molecule has 0 saturated carbocycles. The fraction of sp³-hybridized carbons (Fsp3) is 0.667. The largest absolute Gasteiger partial charge is 0.470 e. The zero-order valence-corrected chi connectivity index (χ0v) is 12.5. The molecule has 0 radical (unpaired) electrons. The Balaban J connectivity index is 2.73. The summed E-state index contributed by atoms with van der Waals surface area (Å²) in [7, 11) is 5.46. The van der Waals surface area contributed by atoms with E-state index in [0.717, 1.165) is 13.0 Å². The molecule has 0 atom stereocenters. The van der Waals surface area contributed by atoms with Gasteiger partial charge in [0.05, 0.1) is 11.5 Å². The molecule has 0 aromatic carbocycles. The second-order valence-corrected chi connectivity index (χ2v) is 4.56. The molecule has 1 N–H and O–H groups in total. The van der Waals surface area contributed by atoms with Crippen LogP contribution in [0, 0.1) is 10.1 Å². The van der Waals surface area contributed by atoms with Crippen LogP contribution in [0.2, 0.25) is 0 Å². The Morgan fingerprint density at radius 3 is 2.76 bits per heavy atom. The third kappa shape index (κ3) is 5.88. The number of aromatic nitrogens is 2. The van der Waals surface area contributed by atoms with Gasteiger partial charge in [-0.2, -0.15) is 4.98 Å². The van der Waals surface area contributed by atoms with Crippen molar-refractivity contribution >= 4 is 11.5 Å². The van der Waals surface area contributed by atoms with E-state index >= 15 is 0 Å². The number of methoxy groups -OCH3 is 1. The van der Waals surface area contributed by atoms with E-state index in [2.05, 4.69) is 15.3 Å². The highest BCUT2D eigenvalue weighted by Crippen LogP contribution is 2.30. The lowest BCUT2D eigenvalue weighted by Crippen LogP contribution is -2.17. The molecule has 0 fully saturated rings. The minimum atomic E-state index is -0.545. The average Bonchev–Trinajstić information content (AvgIpc) is 2.43. The van der Waals surface area contributed by atoms with E-state index < -0.39 is 4.92 Å². The van der Waals surface area contributed by atoms with Crippen LogP contribution < -0.4 is 10.1 Å². The predicted octanol–water partition coefficient (Wildman–Crippen LogP) is 0.774. The van der Waals surface area contributed by atoms with Crippen molar-refractivity contribution in [3.8, 4) is 5.88 Å². The van der Waals surface area contributed by atoms with Crippen molar-refractivity contribution in [3.63, 3.8) is 0 Å². The number of hydrogen-bond acceptors (Lipinski definition) is 8. The molecule has 1 aromatic heterocycles. The number of nitrogens with one attached hydrogen (secondary N) is 1. The Morgan fingerprint density at radius 2 is 2.14 bits per heavy atom. The van der Waals surface area contributed by atoms with Crippen LogP contribution in [0.3, 0.4) is 0 Å². The first-order valence-electron chi connectivity index (χ1n) is 6.56. The van der Waals surface area contributed by atoms with Crippen LogP contribution in [-0.2, 0) is 4.74 Å². The molecule has 0 aliphatic carbocycles. The van der Waals surface area contributed by atoms with Gasteiger partial charge in [0.25, 0.3) is 5.88 Å². The van der Waals surface area contributed by atoms with Crippen LogP contribution in [0.1, 0.15) is 6.42 Å². The monoisotopic (exact) mass is 299 g/mol. The molecular weight excluding hydrogens is 278 g/mol. The van der Waals surface area contributed by atoms with E-state index in [1.54, 1.807) is 0 Å². The van der Waals surface area contributed by atoms with Crippen LogP contribution in [0.15, 0.2) is 6.33 Å². The van der Waals surface area contributed by atoms with E-state index in [4.69, 9.17) is 9.47 Å². The van der Waals surface area contributed by atoms with E-state index in [1.807, 2.05) is 19.0 Å². The summed E-state index contributed by atoms with van der Waals surface area (Å²) in [5.74, 6) is 0.114. The molecule has 21 heavy (non-hydrogen) atoms. The molecule has 0 bridgehead atoms. The highest BCUT2D eigenvalue weighted by Gasteiger charge is 2.24. The van der Waals surface area contributed by atoms with Crippen LogP contribution in [-0.4, -0.2) is 67.3 Å². The third-order valence-electron chi connectivity index (χ3n) is 2.57. The maximum atomic E-state index is 11.2. The van der Waals surface area contributed by atoms with Crippen LogP contribution >= 0.6 is 0 Å². The van der Waals surface area contributed by atoms with Crippen molar-refractivity contribution in [1.29, 1.82) is 0 Å². The van der Waals surface area contributed by atoms with Crippen molar-refractivity contribution in [3.05, 3.63) is 16.4 Å². The summed E-state index contributed by atoms with van der Waals surface area (Å²) in [6.07, 6.45) is 2.08. The van der Waals surface area contributed by atoms with Crippen molar-refractivity contribution in [2.45, 2.75) is 6.42 Å². The molecular formula is C12H21N5O4. The van der Waals surface area contributed by atoms with Gasteiger partial charge >= 0.3 is 5.69 Å². The summed E-state index contributed by atoms with van der Waals surface area (Å²) in [6.45, 7) is 1.97. The van der Waals surface area contributed by atoms with Gasteiger partial charge in [0.1, 0.15) is 12.9 Å². The number of nitro groups is 1. The molecule has 0 unspecified atom stereocenters. The van der Waals surface area contributed by atoms with Crippen molar-refractivity contribution < 1.29 is 14.4 Å². The zero-order valence-electron chi connectivity index (χ0n) is 12.5. The van der Waals surface area contributed by atoms with Gasteiger partial charge in [0, 0.05) is 13.7 Å². The maximum Gasteiger partial charge on any atom is 0.372 e. The minimum absolute atomic E-state index is 0.0536. The first-order valence-corrected chi connectivity index (χ1v) is 6.56. The van der Waals surface area contributed by atoms with Gasteiger partial charge in [-0.3, -0.25) is 10.1 Å². The van der Waals surface area contributed by atoms with Crippen molar-refractivity contribution in [2.24, 2.45) is 0 Å². The minimum Gasteiger partial charge on any atom is -0.470 e. The van der Waals surface area contributed by atoms with Crippen LogP contribution in [0.25, 0.3) is 0 Å². The lowest BCUT2D eigenvalue weighted by atomic mass is 10.4. The summed E-state index contributed by atoms with van der Waals surface area (Å²) in [4.78, 5) is 20.4. The molecule has 0 saturated heterocycles. The third-order valence-corrected chi connectivity index (χ3v) is 2.57. The predicted molar refractivity (Wildman–Crippen MR) is 77.7 cm³/mol. The topological polar surface area (TPSA) is 103 Å². The maximum absolute atomic E-state index is 11.2. The average molecular weight is 299 g/mol. The summed E-state index contributed by atoms with van der Waals surface area (Å²) in [5, 5.41) is 14.1. The fourth-order valence-electron chi connectivity index (χ4n) is 1.59. The molecule has 1 aromatic rings. The van der Waals surface area contributed by atoms with E-state index in [1.165, 1.54) is 13.4 Å². The number of ether oxygens (including phenoxy) is 2. The number of rotatable bonds is 10. The standard InChI is InChI=1S/C12H21N5O4/c1-16(2)6-4-5-13-11-10(17(18)19)12(15-9-14-11)21-8-7-20-3/h9H,4-8H2,1-3H3,(H,13,14,15). The molecule has 1 heterocycles. The normalized spacial score (nSPS) is 10.7. The number of anilines is 1. The lowest BCUT2D eigenvalue weighted by molar-refractivity contribution is -0.385. The first-order chi connectivity index (χ1) is 10.1. The Bertz CT molecular complexity index is 455. The Kier molecular flexibility index (Phi) is 7.33. The van der Waals surface area contributed by atoms with Crippen molar-refractivity contribution in [1.82, 2.24) is 14.9 Å². The number of nitrogens with zero attached hydrogens (tertiary/aromatic N) is 4. The van der Waals surface area contributed by atoms with E-state index in [0.29, 0.717) is 13.2 Å². The smallest absolute Gasteiger partial charge is 0.372 e. The molecule has 1 rings (SSSR count). The molecule has 9 heteroatoms. The zero-order chi connectivity index (χ0) is 15.7. The molecule has 0 aliphatic heterocycles. The van der Waals surface area contributed by atoms with Crippen LogP contribution in [0.4, 0.5) is 11.5 Å². The summed E-state index contributed by atoms with van der Waals surface area (Å²) < 4.78 is 10.1. The first kappa shape index (κ1) is 17.1. The van der Waals surface area contributed by atoms with Gasteiger partial charge in [0.2, 0.25) is 5.82 Å². The molecule has 0 spiro atoms. The van der Waals surface area contributed by atoms with Gasteiger partial charge in [-0.25, -0.2) is 4.98 Å². The Morgan fingerprint density at radius 1 is 1.38 bits per heavy atom. The van der Waals surface area contributed by atoms with E-state index in [9.17, 15) is 10.1 Å². The van der Waals surface area contributed by atoms with Gasteiger partial charge in [0.15, 0.2) is 0 Å². The molecule has 9 nitrogen and oxygen atoms in total. The van der Waals surface area contributed by atoms with E-state index in [-0.39, 0.29) is 24.0 Å².